The molecule has 0 aromatic heterocycles. The number of phenols is 1. The van der Waals surface area contributed by atoms with Gasteiger partial charge in [0.15, 0.2) is 23.1 Å². The lowest BCUT2D eigenvalue weighted by atomic mass is 10.1. The molecule has 0 spiro atoms. The second-order valence-corrected chi connectivity index (χ2v) is 3.22. The molecule has 4 nitrogen and oxygen atoms in total. The average molecular weight is 250 g/mol. The van der Waals surface area contributed by atoms with Crippen LogP contribution in [0.15, 0.2) is 0 Å². The SMILES string of the molecule is CCCc1c(F)c(F)c(F)c(O)c1OC(=O)O. The number of rotatable bonds is 3. The first kappa shape index (κ1) is 13.1. The number of benzene rings is 1. The molecule has 1 aromatic rings. The molecule has 0 unspecified atom stereocenters. The van der Waals surface area contributed by atoms with E-state index in [0.717, 1.165) is 0 Å². The molecular weight excluding hydrogens is 241 g/mol. The summed E-state index contributed by atoms with van der Waals surface area (Å²) in [6.45, 7) is 1.61. The van der Waals surface area contributed by atoms with Crippen LogP contribution in [0.25, 0.3) is 0 Å². The van der Waals surface area contributed by atoms with Gasteiger partial charge in [-0.2, -0.15) is 4.39 Å². The summed E-state index contributed by atoms with van der Waals surface area (Å²) in [6, 6.07) is 0. The van der Waals surface area contributed by atoms with Crippen LogP contribution >= 0.6 is 0 Å². The smallest absolute Gasteiger partial charge is 0.502 e. The Kier molecular flexibility index (Phi) is 3.82. The van der Waals surface area contributed by atoms with Crippen molar-refractivity contribution in [1.82, 2.24) is 0 Å². The number of carboxylic acid groups (broad SMARTS) is 1. The molecule has 0 amide bonds. The largest absolute Gasteiger partial charge is 0.511 e. The van der Waals surface area contributed by atoms with Gasteiger partial charge < -0.3 is 14.9 Å². The average Bonchev–Trinajstić information content (AvgIpc) is 2.28. The second-order valence-electron chi connectivity index (χ2n) is 3.22. The lowest BCUT2D eigenvalue weighted by molar-refractivity contribution is 0.141. The summed E-state index contributed by atoms with van der Waals surface area (Å²) in [7, 11) is 0. The van der Waals surface area contributed by atoms with E-state index in [4.69, 9.17) is 5.11 Å². The molecule has 0 aliphatic carbocycles. The monoisotopic (exact) mass is 250 g/mol. The molecule has 0 radical (unpaired) electrons. The molecule has 2 N–H and O–H groups in total. The van der Waals surface area contributed by atoms with E-state index in [1.165, 1.54) is 0 Å². The number of carbonyl (C=O) groups is 1. The van der Waals surface area contributed by atoms with Crippen molar-refractivity contribution < 1.29 is 32.9 Å². The summed E-state index contributed by atoms with van der Waals surface area (Å²) in [5.41, 5.74) is -0.508. The van der Waals surface area contributed by atoms with Gasteiger partial charge in [0.05, 0.1) is 0 Å². The molecular formula is C10H9F3O4. The normalized spacial score (nSPS) is 10.4. The Morgan fingerprint density at radius 2 is 1.82 bits per heavy atom. The minimum atomic E-state index is -1.88. The predicted molar refractivity (Wildman–Crippen MR) is 50.6 cm³/mol. The van der Waals surface area contributed by atoms with E-state index in [9.17, 15) is 23.1 Å². The Morgan fingerprint density at radius 3 is 2.29 bits per heavy atom. The number of hydrogen-bond acceptors (Lipinski definition) is 3. The summed E-state index contributed by atoms with van der Waals surface area (Å²) >= 11 is 0. The van der Waals surface area contributed by atoms with Crippen molar-refractivity contribution >= 4 is 6.16 Å². The summed E-state index contributed by atoms with van der Waals surface area (Å²) < 4.78 is 43.4. The van der Waals surface area contributed by atoms with Crippen LogP contribution in [0.1, 0.15) is 18.9 Å². The summed E-state index contributed by atoms with van der Waals surface area (Å²) in [4.78, 5) is 10.3. The maximum absolute atomic E-state index is 13.3. The van der Waals surface area contributed by atoms with Crippen molar-refractivity contribution in [2.45, 2.75) is 19.8 Å². The van der Waals surface area contributed by atoms with Gasteiger partial charge in [-0.05, 0) is 6.42 Å². The third-order valence-electron chi connectivity index (χ3n) is 2.04. The molecule has 0 heterocycles. The molecule has 7 heteroatoms. The van der Waals surface area contributed by atoms with Crippen LogP contribution in [0.5, 0.6) is 11.5 Å². The molecule has 0 atom stereocenters. The number of ether oxygens (including phenoxy) is 1. The fourth-order valence-electron chi connectivity index (χ4n) is 1.35. The zero-order valence-electron chi connectivity index (χ0n) is 8.76. The number of aromatic hydroxyl groups is 1. The first-order chi connectivity index (χ1) is 7.90. The maximum atomic E-state index is 13.3. The lowest BCUT2D eigenvalue weighted by Gasteiger charge is -2.11. The Hall–Kier alpha value is -1.92. The van der Waals surface area contributed by atoms with Gasteiger partial charge in [0.1, 0.15) is 0 Å². The van der Waals surface area contributed by atoms with Crippen LogP contribution in [0.3, 0.4) is 0 Å². The standard InChI is InChI=1S/C10H9F3O4/c1-2-3-4-5(11)6(12)7(13)8(14)9(4)17-10(15)16/h14H,2-3H2,1H3,(H,15,16). The van der Waals surface area contributed by atoms with E-state index in [1.807, 2.05) is 0 Å². The van der Waals surface area contributed by atoms with Crippen molar-refractivity contribution in [1.29, 1.82) is 0 Å². The third kappa shape index (κ3) is 2.43. The highest BCUT2D eigenvalue weighted by atomic mass is 19.2. The molecule has 0 saturated heterocycles. The highest BCUT2D eigenvalue weighted by Crippen LogP contribution is 2.37. The molecule has 0 saturated carbocycles. The van der Waals surface area contributed by atoms with Crippen LogP contribution in [0.4, 0.5) is 18.0 Å². The van der Waals surface area contributed by atoms with Gasteiger partial charge in [-0.25, -0.2) is 13.6 Å². The van der Waals surface area contributed by atoms with Gasteiger partial charge in [-0.3, -0.25) is 0 Å². The highest BCUT2D eigenvalue weighted by Gasteiger charge is 2.26. The number of halogens is 3. The minimum absolute atomic E-state index is 0.0980. The van der Waals surface area contributed by atoms with Crippen molar-refractivity contribution in [2.75, 3.05) is 0 Å². The molecule has 1 aromatic carbocycles. The minimum Gasteiger partial charge on any atom is -0.502 e. The van der Waals surface area contributed by atoms with Crippen molar-refractivity contribution in [2.24, 2.45) is 0 Å². The van der Waals surface area contributed by atoms with Gasteiger partial charge in [-0.15, -0.1) is 0 Å². The van der Waals surface area contributed by atoms with Gasteiger partial charge in [0.25, 0.3) is 0 Å². The Labute approximate surface area is 94.3 Å². The first-order valence-electron chi connectivity index (χ1n) is 4.69. The van der Waals surface area contributed by atoms with E-state index in [2.05, 4.69) is 4.74 Å². The van der Waals surface area contributed by atoms with Gasteiger partial charge in [0, 0.05) is 5.56 Å². The molecule has 0 bridgehead atoms. The van der Waals surface area contributed by atoms with E-state index in [1.54, 1.807) is 6.92 Å². The van der Waals surface area contributed by atoms with Crippen LogP contribution in [0.2, 0.25) is 0 Å². The van der Waals surface area contributed by atoms with E-state index in [-0.39, 0.29) is 6.42 Å². The van der Waals surface area contributed by atoms with Crippen molar-refractivity contribution in [3.05, 3.63) is 23.0 Å². The molecule has 0 fully saturated rings. The zero-order chi connectivity index (χ0) is 13.2. The Balaban J connectivity index is 3.47. The van der Waals surface area contributed by atoms with Crippen molar-refractivity contribution in [3.63, 3.8) is 0 Å². The summed E-state index contributed by atoms with van der Waals surface area (Å²) in [5.74, 6) is -7.55. The quantitative estimate of drug-likeness (QED) is 0.491. The topological polar surface area (TPSA) is 66.8 Å². The van der Waals surface area contributed by atoms with Crippen LogP contribution < -0.4 is 4.74 Å². The number of hydrogen-bond donors (Lipinski definition) is 2. The van der Waals surface area contributed by atoms with E-state index < -0.39 is 40.7 Å². The molecule has 17 heavy (non-hydrogen) atoms. The van der Waals surface area contributed by atoms with Crippen LogP contribution in [-0.2, 0) is 6.42 Å². The molecule has 0 aliphatic heterocycles. The molecule has 1 rings (SSSR count). The summed E-state index contributed by atoms with van der Waals surface area (Å²) in [5, 5.41) is 17.6. The van der Waals surface area contributed by atoms with Gasteiger partial charge in [0.2, 0.25) is 5.82 Å². The first-order valence-corrected chi connectivity index (χ1v) is 4.69. The fourth-order valence-corrected chi connectivity index (χ4v) is 1.35. The fraction of sp³-hybridized carbons (Fsp3) is 0.300. The number of phenolic OH excluding ortho intramolecular Hbond substituents is 1. The van der Waals surface area contributed by atoms with Gasteiger partial charge in [-0.1, -0.05) is 13.3 Å². The molecule has 94 valence electrons. The van der Waals surface area contributed by atoms with Crippen molar-refractivity contribution in [3.8, 4) is 11.5 Å². The third-order valence-corrected chi connectivity index (χ3v) is 2.04. The Bertz CT molecular complexity index is 460. The van der Waals surface area contributed by atoms with E-state index in [0.29, 0.717) is 6.42 Å². The van der Waals surface area contributed by atoms with E-state index >= 15 is 0 Å². The lowest BCUT2D eigenvalue weighted by Crippen LogP contribution is -2.09. The predicted octanol–water partition coefficient (Wildman–Crippen LogP) is 2.82. The van der Waals surface area contributed by atoms with Gasteiger partial charge >= 0.3 is 6.16 Å². The summed E-state index contributed by atoms with van der Waals surface area (Å²) in [6.07, 6.45) is -1.63. The highest BCUT2D eigenvalue weighted by molar-refractivity contribution is 5.64. The van der Waals surface area contributed by atoms with Crippen LogP contribution in [-0.4, -0.2) is 16.4 Å². The zero-order valence-corrected chi connectivity index (χ0v) is 8.76. The van der Waals surface area contributed by atoms with Crippen LogP contribution in [0, 0.1) is 17.5 Å². The Morgan fingerprint density at radius 1 is 1.24 bits per heavy atom. The maximum Gasteiger partial charge on any atom is 0.511 e. The molecule has 0 aliphatic rings. The second kappa shape index (κ2) is 4.94.